The number of benzene rings is 1. The van der Waals surface area contributed by atoms with Gasteiger partial charge in [0.1, 0.15) is 0 Å². The maximum absolute atomic E-state index is 12.8. The molecule has 1 saturated heterocycles. The molecule has 25 heavy (non-hydrogen) atoms. The summed E-state index contributed by atoms with van der Waals surface area (Å²) in [5.74, 6) is 0.396. The molecule has 1 aliphatic rings. The first-order valence-corrected chi connectivity index (χ1v) is 9.27. The van der Waals surface area contributed by atoms with Crippen molar-refractivity contribution in [1.29, 1.82) is 0 Å². The summed E-state index contributed by atoms with van der Waals surface area (Å²) < 4.78 is 0. The quantitative estimate of drug-likeness (QED) is 0.872. The lowest BCUT2D eigenvalue weighted by Gasteiger charge is -2.29. The number of nitrogens with zero attached hydrogens (tertiary/aromatic N) is 2. The van der Waals surface area contributed by atoms with E-state index in [-0.39, 0.29) is 18.0 Å². The third-order valence-corrected chi connectivity index (χ3v) is 4.57. The first-order valence-electron chi connectivity index (χ1n) is 9.27. The van der Waals surface area contributed by atoms with Crippen molar-refractivity contribution in [2.24, 2.45) is 5.92 Å². The number of carbonyl (C=O) groups is 2. The average Bonchev–Trinajstić information content (AvgIpc) is 3.07. The molecule has 1 aromatic carbocycles. The van der Waals surface area contributed by atoms with Gasteiger partial charge in [0, 0.05) is 25.7 Å². The Morgan fingerprint density at radius 2 is 1.80 bits per heavy atom. The molecule has 138 valence electrons. The number of rotatable bonds is 5. The van der Waals surface area contributed by atoms with Crippen molar-refractivity contribution in [3.63, 3.8) is 0 Å². The zero-order valence-electron chi connectivity index (χ0n) is 16.1. The van der Waals surface area contributed by atoms with Gasteiger partial charge >= 0.3 is 6.03 Å². The molecule has 0 saturated carbocycles. The Balaban J connectivity index is 2.25. The number of para-hydroxylation sites is 1. The van der Waals surface area contributed by atoms with E-state index in [0.717, 1.165) is 31.5 Å². The van der Waals surface area contributed by atoms with Gasteiger partial charge in [-0.15, -0.1) is 0 Å². The van der Waals surface area contributed by atoms with Crippen LogP contribution in [0.25, 0.3) is 0 Å². The Kier molecular flexibility index (Phi) is 6.45. The van der Waals surface area contributed by atoms with Crippen molar-refractivity contribution in [2.45, 2.75) is 53.5 Å². The van der Waals surface area contributed by atoms with E-state index in [1.165, 1.54) is 0 Å². The van der Waals surface area contributed by atoms with Crippen LogP contribution in [0.3, 0.4) is 0 Å². The molecule has 2 rings (SSSR count). The summed E-state index contributed by atoms with van der Waals surface area (Å²) in [6, 6.07) is 5.57. The van der Waals surface area contributed by atoms with Crippen molar-refractivity contribution in [3.05, 3.63) is 29.3 Å². The van der Waals surface area contributed by atoms with Gasteiger partial charge in [-0.25, -0.2) is 4.79 Å². The predicted octanol–water partition coefficient (Wildman–Crippen LogP) is 4.13. The summed E-state index contributed by atoms with van der Waals surface area (Å²) in [5.41, 5.74) is 2.13. The van der Waals surface area contributed by atoms with Gasteiger partial charge in [-0.05, 0) is 51.2 Å². The molecule has 0 atom stereocenters. The zero-order chi connectivity index (χ0) is 18.6. The molecule has 0 bridgehead atoms. The number of anilines is 1. The van der Waals surface area contributed by atoms with Crippen molar-refractivity contribution < 1.29 is 9.59 Å². The molecule has 1 fully saturated rings. The fraction of sp³-hybridized carbons (Fsp3) is 0.600. The van der Waals surface area contributed by atoms with Gasteiger partial charge in [0.15, 0.2) is 0 Å². The van der Waals surface area contributed by atoms with Crippen LogP contribution < -0.4 is 5.32 Å². The summed E-state index contributed by atoms with van der Waals surface area (Å²) >= 11 is 0. The molecule has 5 heteroatoms. The molecule has 1 N–H and O–H groups in total. The van der Waals surface area contributed by atoms with Crippen LogP contribution in [-0.4, -0.2) is 47.4 Å². The molecule has 5 nitrogen and oxygen atoms in total. The maximum Gasteiger partial charge on any atom is 0.322 e. The SMILES string of the molecule is Cc1cccc(C(=O)N2CCCC2)c1NC(=O)N(CC(C)C)C(C)C. The second kappa shape index (κ2) is 8.37. The van der Waals surface area contributed by atoms with Crippen molar-refractivity contribution in [1.82, 2.24) is 9.80 Å². The summed E-state index contributed by atoms with van der Waals surface area (Å²) in [5, 5.41) is 3.01. The Morgan fingerprint density at radius 1 is 1.16 bits per heavy atom. The van der Waals surface area contributed by atoms with Gasteiger partial charge in [-0.3, -0.25) is 4.79 Å². The fourth-order valence-corrected chi connectivity index (χ4v) is 3.20. The minimum Gasteiger partial charge on any atom is -0.339 e. The summed E-state index contributed by atoms with van der Waals surface area (Å²) in [7, 11) is 0. The molecular formula is C20H31N3O2. The maximum atomic E-state index is 12.8. The minimum absolute atomic E-state index is 0.0106. The van der Waals surface area contributed by atoms with E-state index in [1.54, 1.807) is 0 Å². The van der Waals surface area contributed by atoms with Crippen LogP contribution in [0.4, 0.5) is 10.5 Å². The third-order valence-electron chi connectivity index (χ3n) is 4.57. The van der Waals surface area contributed by atoms with Crippen molar-refractivity contribution >= 4 is 17.6 Å². The predicted molar refractivity (Wildman–Crippen MR) is 102 cm³/mol. The number of hydrogen-bond donors (Lipinski definition) is 1. The second-order valence-corrected chi connectivity index (χ2v) is 7.57. The van der Waals surface area contributed by atoms with Crippen LogP contribution in [0.2, 0.25) is 0 Å². The van der Waals surface area contributed by atoms with Gasteiger partial charge in [-0.2, -0.15) is 0 Å². The highest BCUT2D eigenvalue weighted by molar-refractivity contribution is 6.04. The van der Waals surface area contributed by atoms with E-state index in [9.17, 15) is 9.59 Å². The highest BCUT2D eigenvalue weighted by Gasteiger charge is 2.25. The third kappa shape index (κ3) is 4.74. The summed E-state index contributed by atoms with van der Waals surface area (Å²) in [6.45, 7) is 12.4. The number of aryl methyl sites for hydroxylation is 1. The van der Waals surface area contributed by atoms with E-state index in [1.807, 2.05) is 48.8 Å². The lowest BCUT2D eigenvalue weighted by molar-refractivity contribution is 0.0793. The highest BCUT2D eigenvalue weighted by Crippen LogP contribution is 2.24. The molecule has 0 spiro atoms. The average molecular weight is 345 g/mol. The standard InChI is InChI=1S/C20H31N3O2/c1-14(2)13-23(15(3)4)20(25)21-18-16(5)9-8-10-17(18)19(24)22-11-6-7-12-22/h8-10,14-15H,6-7,11-13H2,1-5H3,(H,21,25). The molecule has 0 unspecified atom stereocenters. The normalized spacial score (nSPS) is 14.3. The van der Waals surface area contributed by atoms with Gasteiger partial charge in [-0.1, -0.05) is 26.0 Å². The smallest absolute Gasteiger partial charge is 0.322 e. The fourth-order valence-electron chi connectivity index (χ4n) is 3.20. The zero-order valence-corrected chi connectivity index (χ0v) is 16.1. The molecule has 1 heterocycles. The number of hydrogen-bond acceptors (Lipinski definition) is 2. The molecule has 3 amide bonds. The molecule has 0 aliphatic carbocycles. The number of urea groups is 1. The molecule has 0 aromatic heterocycles. The van der Waals surface area contributed by atoms with Crippen LogP contribution in [0.15, 0.2) is 18.2 Å². The molecule has 0 radical (unpaired) electrons. The largest absolute Gasteiger partial charge is 0.339 e. The van der Waals surface area contributed by atoms with Crippen molar-refractivity contribution in [2.75, 3.05) is 25.0 Å². The van der Waals surface area contributed by atoms with E-state index in [4.69, 9.17) is 0 Å². The molecule has 1 aliphatic heterocycles. The number of nitrogens with one attached hydrogen (secondary N) is 1. The van der Waals surface area contributed by atoms with Gasteiger partial charge in [0.2, 0.25) is 0 Å². The van der Waals surface area contributed by atoms with Crippen LogP contribution in [0.1, 0.15) is 56.5 Å². The number of likely N-dealkylation sites (tertiary alicyclic amines) is 1. The Morgan fingerprint density at radius 3 is 2.36 bits per heavy atom. The Hall–Kier alpha value is -2.04. The molecular weight excluding hydrogens is 314 g/mol. The topological polar surface area (TPSA) is 52.7 Å². The van der Waals surface area contributed by atoms with E-state index in [2.05, 4.69) is 19.2 Å². The second-order valence-electron chi connectivity index (χ2n) is 7.57. The van der Waals surface area contributed by atoms with Crippen LogP contribution in [0, 0.1) is 12.8 Å². The van der Waals surface area contributed by atoms with Crippen molar-refractivity contribution in [3.8, 4) is 0 Å². The summed E-state index contributed by atoms with van der Waals surface area (Å²) in [4.78, 5) is 29.4. The van der Waals surface area contributed by atoms with Crippen LogP contribution >= 0.6 is 0 Å². The number of carbonyl (C=O) groups excluding carboxylic acids is 2. The lowest BCUT2D eigenvalue weighted by Crippen LogP contribution is -2.42. The summed E-state index contributed by atoms with van der Waals surface area (Å²) in [6.07, 6.45) is 2.10. The van der Waals surface area contributed by atoms with E-state index < -0.39 is 0 Å². The van der Waals surface area contributed by atoms with Gasteiger partial charge < -0.3 is 15.1 Å². The number of amides is 3. The van der Waals surface area contributed by atoms with Gasteiger partial charge in [0.25, 0.3) is 5.91 Å². The first-order chi connectivity index (χ1) is 11.8. The van der Waals surface area contributed by atoms with Crippen LogP contribution in [-0.2, 0) is 0 Å². The van der Waals surface area contributed by atoms with E-state index >= 15 is 0 Å². The monoisotopic (exact) mass is 345 g/mol. The first kappa shape index (κ1) is 19.3. The Labute approximate surface area is 151 Å². The highest BCUT2D eigenvalue weighted by atomic mass is 16.2. The minimum atomic E-state index is -0.145. The van der Waals surface area contributed by atoms with Gasteiger partial charge in [0.05, 0.1) is 11.3 Å². The van der Waals surface area contributed by atoms with E-state index in [0.29, 0.717) is 23.7 Å². The van der Waals surface area contributed by atoms with Crippen LogP contribution in [0.5, 0.6) is 0 Å². The Bertz CT molecular complexity index is 619. The lowest BCUT2D eigenvalue weighted by atomic mass is 10.1. The molecule has 1 aromatic rings.